The molecule has 0 unspecified atom stereocenters. The number of amides is 2. The molecule has 0 aliphatic heterocycles. The predicted octanol–water partition coefficient (Wildman–Crippen LogP) is 4.88. The zero-order chi connectivity index (χ0) is 19.2. The highest BCUT2D eigenvalue weighted by Crippen LogP contribution is 2.21. The summed E-state index contributed by atoms with van der Waals surface area (Å²) in [6.45, 7) is 4.73. The zero-order valence-corrected chi connectivity index (χ0v) is 15.5. The van der Waals surface area contributed by atoms with Gasteiger partial charge in [0.25, 0.3) is 5.91 Å². The summed E-state index contributed by atoms with van der Waals surface area (Å²) in [5, 5.41) is 3.05. The molecule has 138 valence electrons. The summed E-state index contributed by atoms with van der Waals surface area (Å²) in [4.78, 5) is 32.6. The summed E-state index contributed by atoms with van der Waals surface area (Å²) in [5.41, 5.74) is 0.945. The first-order valence-corrected chi connectivity index (χ1v) is 8.99. The van der Waals surface area contributed by atoms with Gasteiger partial charge < -0.3 is 9.74 Å². The van der Waals surface area contributed by atoms with Crippen molar-refractivity contribution in [2.24, 2.45) is 0 Å². The van der Waals surface area contributed by atoms with E-state index in [0.29, 0.717) is 24.3 Å². The van der Waals surface area contributed by atoms with Crippen LogP contribution in [0.4, 0.5) is 10.5 Å². The van der Waals surface area contributed by atoms with Gasteiger partial charge in [-0.25, -0.2) is 4.79 Å². The molecule has 0 fully saturated rings. The van der Waals surface area contributed by atoms with E-state index < -0.39 is 12.0 Å². The van der Waals surface area contributed by atoms with Crippen molar-refractivity contribution in [1.82, 2.24) is 4.90 Å². The molecule has 0 saturated heterocycles. The fourth-order valence-corrected chi connectivity index (χ4v) is 2.83. The lowest BCUT2D eigenvalue weighted by Crippen LogP contribution is -2.40. The van der Waals surface area contributed by atoms with Gasteiger partial charge in [0.2, 0.25) is 0 Å². The number of fused-ring (bicyclic) bond motifs is 1. The first-order valence-electron chi connectivity index (χ1n) is 8.99. The molecule has 0 atom stereocenters. The third kappa shape index (κ3) is 4.08. The number of para-hydroxylation sites is 1. The molecular weight excluding hydrogens is 340 g/mol. The molecule has 3 aromatic rings. The standard InChI is InChI=1S/C22H22N2O3/c1-3-23(4-2)22(26)27-24(20-12-6-5-7-13-20)21(25)19-15-14-17-10-8-9-11-18(17)16-19/h5-16H,3-4H2,1-2H3. The van der Waals surface area contributed by atoms with E-state index in [-0.39, 0.29) is 0 Å². The van der Waals surface area contributed by atoms with Crippen LogP contribution in [-0.4, -0.2) is 30.0 Å². The number of hydrogen-bond donors (Lipinski definition) is 0. The molecule has 2 amide bonds. The van der Waals surface area contributed by atoms with E-state index in [1.165, 1.54) is 4.90 Å². The molecule has 5 nitrogen and oxygen atoms in total. The molecule has 5 heteroatoms. The van der Waals surface area contributed by atoms with Crippen LogP contribution in [0, 0.1) is 0 Å². The summed E-state index contributed by atoms with van der Waals surface area (Å²) in [6, 6.07) is 22.1. The molecule has 0 radical (unpaired) electrons. The maximum Gasteiger partial charge on any atom is 0.434 e. The molecule has 3 aromatic carbocycles. The Bertz CT molecular complexity index is 936. The van der Waals surface area contributed by atoms with Crippen LogP contribution in [0.25, 0.3) is 10.8 Å². The van der Waals surface area contributed by atoms with Gasteiger partial charge in [-0.2, -0.15) is 0 Å². The van der Waals surface area contributed by atoms with Crippen molar-refractivity contribution < 1.29 is 14.4 Å². The second kappa shape index (κ2) is 8.36. The molecule has 0 aliphatic rings. The number of carbonyl (C=O) groups excluding carboxylic acids is 2. The SMILES string of the molecule is CCN(CC)C(=O)ON(C(=O)c1ccc2ccccc2c1)c1ccccc1. The van der Waals surface area contributed by atoms with Crippen LogP contribution in [-0.2, 0) is 4.84 Å². The lowest BCUT2D eigenvalue weighted by Gasteiger charge is -2.25. The van der Waals surface area contributed by atoms with Crippen LogP contribution in [0.2, 0.25) is 0 Å². The van der Waals surface area contributed by atoms with Gasteiger partial charge in [0.1, 0.15) is 0 Å². The van der Waals surface area contributed by atoms with Crippen molar-refractivity contribution in [3.8, 4) is 0 Å². The van der Waals surface area contributed by atoms with E-state index in [2.05, 4.69) is 0 Å². The number of anilines is 1. The predicted molar refractivity (Wildman–Crippen MR) is 107 cm³/mol. The van der Waals surface area contributed by atoms with Crippen molar-refractivity contribution in [2.75, 3.05) is 18.2 Å². The summed E-state index contributed by atoms with van der Waals surface area (Å²) in [7, 11) is 0. The van der Waals surface area contributed by atoms with E-state index >= 15 is 0 Å². The van der Waals surface area contributed by atoms with Crippen LogP contribution in [0.5, 0.6) is 0 Å². The summed E-state index contributed by atoms with van der Waals surface area (Å²) < 4.78 is 0. The van der Waals surface area contributed by atoms with Crippen molar-refractivity contribution in [1.29, 1.82) is 0 Å². The molecule has 0 heterocycles. The Morgan fingerprint density at radius 1 is 0.815 bits per heavy atom. The molecule has 27 heavy (non-hydrogen) atoms. The van der Waals surface area contributed by atoms with Crippen LogP contribution < -0.4 is 5.06 Å². The van der Waals surface area contributed by atoms with E-state index in [4.69, 9.17) is 4.84 Å². The molecule has 0 N–H and O–H groups in total. The Morgan fingerprint density at radius 2 is 1.44 bits per heavy atom. The van der Waals surface area contributed by atoms with Crippen molar-refractivity contribution in [3.05, 3.63) is 78.4 Å². The van der Waals surface area contributed by atoms with Crippen molar-refractivity contribution >= 4 is 28.5 Å². The van der Waals surface area contributed by atoms with Crippen LogP contribution in [0.1, 0.15) is 24.2 Å². The van der Waals surface area contributed by atoms with Crippen molar-refractivity contribution in [2.45, 2.75) is 13.8 Å². The van der Waals surface area contributed by atoms with Gasteiger partial charge in [0.05, 0.1) is 5.69 Å². The van der Waals surface area contributed by atoms with Gasteiger partial charge in [0, 0.05) is 18.7 Å². The highest BCUT2D eigenvalue weighted by molar-refractivity contribution is 6.07. The number of hydroxylamine groups is 1. The van der Waals surface area contributed by atoms with Gasteiger partial charge in [-0.3, -0.25) is 4.79 Å². The Balaban J connectivity index is 1.95. The monoisotopic (exact) mass is 362 g/mol. The van der Waals surface area contributed by atoms with Crippen LogP contribution >= 0.6 is 0 Å². The minimum atomic E-state index is -0.557. The van der Waals surface area contributed by atoms with E-state index in [0.717, 1.165) is 15.8 Å². The highest BCUT2D eigenvalue weighted by atomic mass is 16.7. The third-order valence-corrected chi connectivity index (χ3v) is 4.36. The number of nitrogens with zero attached hydrogens (tertiary/aromatic N) is 2. The van der Waals surface area contributed by atoms with Gasteiger partial charge in [-0.15, -0.1) is 5.06 Å². The molecule has 0 spiro atoms. The smallest absolute Gasteiger partial charge is 0.313 e. The number of carbonyl (C=O) groups is 2. The van der Waals surface area contributed by atoms with Gasteiger partial charge in [-0.1, -0.05) is 48.5 Å². The average molecular weight is 362 g/mol. The quantitative estimate of drug-likeness (QED) is 0.622. The molecule has 0 saturated carbocycles. The second-order valence-electron chi connectivity index (χ2n) is 6.03. The minimum Gasteiger partial charge on any atom is -0.313 e. The first-order chi connectivity index (χ1) is 13.1. The van der Waals surface area contributed by atoms with E-state index in [1.807, 2.05) is 50.2 Å². The molecular formula is C22H22N2O3. The maximum atomic E-state index is 13.2. The minimum absolute atomic E-state index is 0.396. The van der Waals surface area contributed by atoms with E-state index in [9.17, 15) is 9.59 Å². The average Bonchev–Trinajstić information content (AvgIpc) is 2.72. The maximum absolute atomic E-state index is 13.2. The molecule has 0 aliphatic carbocycles. The molecule has 0 aromatic heterocycles. The number of hydrogen-bond acceptors (Lipinski definition) is 3. The first kappa shape index (κ1) is 18.5. The highest BCUT2D eigenvalue weighted by Gasteiger charge is 2.24. The second-order valence-corrected chi connectivity index (χ2v) is 6.03. The van der Waals surface area contributed by atoms with Crippen molar-refractivity contribution in [3.63, 3.8) is 0 Å². The third-order valence-electron chi connectivity index (χ3n) is 4.36. The Labute approximate surface area is 158 Å². The fourth-order valence-electron chi connectivity index (χ4n) is 2.83. The van der Waals surface area contributed by atoms with Crippen LogP contribution in [0.15, 0.2) is 72.8 Å². The normalized spacial score (nSPS) is 10.4. The number of rotatable bonds is 4. The summed E-state index contributed by atoms with van der Waals surface area (Å²) in [6.07, 6.45) is -0.557. The van der Waals surface area contributed by atoms with E-state index in [1.54, 1.807) is 36.4 Å². The van der Waals surface area contributed by atoms with Crippen LogP contribution in [0.3, 0.4) is 0 Å². The lowest BCUT2D eigenvalue weighted by molar-refractivity contribution is 0.0674. The zero-order valence-electron chi connectivity index (χ0n) is 15.5. The van der Waals surface area contributed by atoms with Gasteiger partial charge in [0.15, 0.2) is 0 Å². The molecule has 3 rings (SSSR count). The summed E-state index contributed by atoms with van der Waals surface area (Å²) >= 11 is 0. The Morgan fingerprint density at radius 3 is 2.11 bits per heavy atom. The Kier molecular flexibility index (Phi) is 5.71. The lowest BCUT2D eigenvalue weighted by atomic mass is 10.1. The largest absolute Gasteiger partial charge is 0.434 e. The van der Waals surface area contributed by atoms with Gasteiger partial charge >= 0.3 is 6.09 Å². The summed E-state index contributed by atoms with van der Waals surface area (Å²) in [5.74, 6) is -0.396. The number of benzene rings is 3. The topological polar surface area (TPSA) is 49.9 Å². The molecule has 0 bridgehead atoms. The fraction of sp³-hybridized carbons (Fsp3) is 0.182. The van der Waals surface area contributed by atoms with Gasteiger partial charge in [-0.05, 0) is 48.9 Å². The Hall–Kier alpha value is -3.34.